The highest BCUT2D eigenvalue weighted by atomic mass is 14.5. The predicted molar refractivity (Wildman–Crippen MR) is 28.8 cm³/mol. The van der Waals surface area contributed by atoms with E-state index in [-0.39, 0.29) is 0 Å². The van der Waals surface area contributed by atoms with Crippen molar-refractivity contribution >= 4 is 0 Å². The fourth-order valence-electron chi connectivity index (χ4n) is 1.51. The number of hydrogen-bond acceptors (Lipinski definition) is 0. The lowest BCUT2D eigenvalue weighted by Gasteiger charge is -2.48. The molecule has 0 heteroatoms. The van der Waals surface area contributed by atoms with Gasteiger partial charge in [-0.05, 0) is 37.5 Å². The summed E-state index contributed by atoms with van der Waals surface area (Å²) >= 11 is 0. The molecule has 0 unspecified atom stereocenters. The Morgan fingerprint density at radius 1 is 1.14 bits per heavy atom. The van der Waals surface area contributed by atoms with E-state index in [4.69, 9.17) is 0 Å². The predicted octanol–water partition coefficient (Wildman–Crippen LogP) is 2.03. The molecule has 2 rings (SSSR count). The maximum Gasteiger partial charge on any atom is -0.0106 e. The highest BCUT2D eigenvalue weighted by Gasteiger charge is 2.42. The zero-order chi connectivity index (χ0) is 4.74. The van der Waals surface area contributed by atoms with Gasteiger partial charge in [0.15, 0.2) is 0 Å². The van der Waals surface area contributed by atoms with Crippen molar-refractivity contribution in [2.24, 2.45) is 5.41 Å². The summed E-state index contributed by atoms with van der Waals surface area (Å²) in [4.78, 5) is 0. The SMILES string of the molecule is [C]1CCC12CCC2. The average Bonchev–Trinajstić information content (AvgIpc) is 1.20. The Balaban J connectivity index is 2.00. The number of hydrogen-bond donors (Lipinski definition) is 0. The minimum atomic E-state index is 0.694. The van der Waals surface area contributed by atoms with E-state index in [0.29, 0.717) is 5.41 Å². The lowest BCUT2D eigenvalue weighted by Crippen LogP contribution is -2.36. The Hall–Kier alpha value is 0. The fourth-order valence-corrected chi connectivity index (χ4v) is 1.51. The van der Waals surface area contributed by atoms with E-state index in [0.717, 1.165) is 0 Å². The van der Waals surface area contributed by atoms with Crippen molar-refractivity contribution in [1.29, 1.82) is 0 Å². The molecule has 0 saturated heterocycles. The Kier molecular flexibility index (Phi) is 0.586. The van der Waals surface area contributed by atoms with Gasteiger partial charge in [-0.15, -0.1) is 0 Å². The third kappa shape index (κ3) is 0.375. The van der Waals surface area contributed by atoms with Gasteiger partial charge in [0.1, 0.15) is 0 Å². The lowest BCUT2D eigenvalue weighted by atomic mass is 9.56. The van der Waals surface area contributed by atoms with Gasteiger partial charge in [-0.3, -0.25) is 0 Å². The first-order chi connectivity index (χ1) is 3.41. The van der Waals surface area contributed by atoms with Gasteiger partial charge in [-0.1, -0.05) is 6.42 Å². The van der Waals surface area contributed by atoms with Crippen molar-refractivity contribution in [3.63, 3.8) is 0 Å². The summed E-state index contributed by atoms with van der Waals surface area (Å²) in [5.41, 5.74) is 0.694. The first-order valence-electron chi connectivity index (χ1n) is 3.16. The summed E-state index contributed by atoms with van der Waals surface area (Å²) in [6.07, 6.45) is 10.6. The van der Waals surface area contributed by atoms with Crippen molar-refractivity contribution in [3.05, 3.63) is 6.42 Å². The summed E-state index contributed by atoms with van der Waals surface area (Å²) in [7, 11) is 0. The Bertz CT molecular complexity index is 60.5. The van der Waals surface area contributed by atoms with Gasteiger partial charge >= 0.3 is 0 Å². The monoisotopic (exact) mass is 94.1 g/mol. The minimum absolute atomic E-state index is 0.694. The van der Waals surface area contributed by atoms with Crippen LogP contribution in [0.4, 0.5) is 0 Å². The molecular formula is C7H10. The zero-order valence-electron chi connectivity index (χ0n) is 4.54. The van der Waals surface area contributed by atoms with Crippen LogP contribution in [0.5, 0.6) is 0 Å². The molecule has 2 aliphatic rings. The molecule has 2 fully saturated rings. The molecule has 7 heavy (non-hydrogen) atoms. The third-order valence-corrected chi connectivity index (χ3v) is 2.41. The largest absolute Gasteiger partial charge is 0.0522 e. The van der Waals surface area contributed by atoms with Gasteiger partial charge in [-0.25, -0.2) is 0 Å². The maximum absolute atomic E-state index is 3.46. The molecular weight excluding hydrogens is 84.1 g/mol. The summed E-state index contributed by atoms with van der Waals surface area (Å²) in [6.45, 7) is 0. The maximum atomic E-state index is 3.46. The molecule has 0 nitrogen and oxygen atoms in total. The topological polar surface area (TPSA) is 0 Å². The first-order valence-corrected chi connectivity index (χ1v) is 3.16. The van der Waals surface area contributed by atoms with Crippen molar-refractivity contribution < 1.29 is 0 Å². The van der Waals surface area contributed by atoms with E-state index in [1.165, 1.54) is 32.1 Å². The summed E-state index contributed by atoms with van der Waals surface area (Å²) in [6, 6.07) is 0. The van der Waals surface area contributed by atoms with E-state index in [2.05, 4.69) is 6.42 Å². The minimum Gasteiger partial charge on any atom is -0.0522 e. The summed E-state index contributed by atoms with van der Waals surface area (Å²) in [5.74, 6) is 0. The van der Waals surface area contributed by atoms with Crippen LogP contribution < -0.4 is 0 Å². The second kappa shape index (κ2) is 1.04. The van der Waals surface area contributed by atoms with E-state index in [9.17, 15) is 0 Å². The van der Waals surface area contributed by atoms with Gasteiger partial charge in [0.05, 0.1) is 0 Å². The van der Waals surface area contributed by atoms with Gasteiger partial charge in [-0.2, -0.15) is 0 Å². The molecule has 0 N–H and O–H groups in total. The van der Waals surface area contributed by atoms with Crippen LogP contribution in [0, 0.1) is 11.8 Å². The molecule has 0 heterocycles. The molecule has 38 valence electrons. The highest BCUT2D eigenvalue weighted by molar-refractivity contribution is 5.06. The molecule has 0 bridgehead atoms. The molecule has 0 aromatic carbocycles. The Morgan fingerprint density at radius 3 is 1.86 bits per heavy atom. The highest BCUT2D eigenvalue weighted by Crippen LogP contribution is 2.54. The molecule has 0 aromatic heterocycles. The molecule has 0 amide bonds. The lowest BCUT2D eigenvalue weighted by molar-refractivity contribution is 0.102. The van der Waals surface area contributed by atoms with Gasteiger partial charge < -0.3 is 0 Å². The van der Waals surface area contributed by atoms with Crippen LogP contribution in [0.1, 0.15) is 32.1 Å². The molecule has 0 atom stereocenters. The van der Waals surface area contributed by atoms with Crippen LogP contribution in [-0.2, 0) is 0 Å². The number of rotatable bonds is 0. The van der Waals surface area contributed by atoms with E-state index < -0.39 is 0 Å². The molecule has 2 aliphatic carbocycles. The molecule has 1 spiro atoms. The van der Waals surface area contributed by atoms with Crippen LogP contribution in [0.3, 0.4) is 0 Å². The Morgan fingerprint density at radius 2 is 1.86 bits per heavy atom. The van der Waals surface area contributed by atoms with Crippen LogP contribution in [0.25, 0.3) is 0 Å². The summed E-state index contributed by atoms with van der Waals surface area (Å²) < 4.78 is 0. The average molecular weight is 94.2 g/mol. The molecule has 0 aromatic rings. The standard InChI is InChI=1S/C7H10/c1-3-7(4-1)5-2-6-7/h1-5H2. The normalized spacial score (nSPS) is 34.3. The zero-order valence-corrected chi connectivity index (χ0v) is 4.54. The van der Waals surface area contributed by atoms with Crippen molar-refractivity contribution in [2.75, 3.05) is 0 Å². The van der Waals surface area contributed by atoms with Crippen LogP contribution >= 0.6 is 0 Å². The van der Waals surface area contributed by atoms with Crippen LogP contribution in [-0.4, -0.2) is 0 Å². The first kappa shape index (κ1) is 3.94. The smallest absolute Gasteiger partial charge is 0.0106 e. The summed E-state index contributed by atoms with van der Waals surface area (Å²) in [5, 5.41) is 0. The second-order valence-electron chi connectivity index (χ2n) is 2.81. The third-order valence-electron chi connectivity index (χ3n) is 2.41. The van der Waals surface area contributed by atoms with Crippen LogP contribution in [0.15, 0.2) is 0 Å². The van der Waals surface area contributed by atoms with E-state index >= 15 is 0 Å². The Labute approximate surface area is 44.9 Å². The van der Waals surface area contributed by atoms with Crippen molar-refractivity contribution in [3.8, 4) is 0 Å². The quantitative estimate of drug-likeness (QED) is 0.431. The van der Waals surface area contributed by atoms with Crippen molar-refractivity contribution in [1.82, 2.24) is 0 Å². The van der Waals surface area contributed by atoms with E-state index in [1.807, 2.05) is 0 Å². The van der Waals surface area contributed by atoms with Crippen LogP contribution in [0.2, 0.25) is 0 Å². The van der Waals surface area contributed by atoms with E-state index in [1.54, 1.807) is 0 Å². The molecule has 0 aliphatic heterocycles. The van der Waals surface area contributed by atoms with Gasteiger partial charge in [0.25, 0.3) is 0 Å². The molecule has 2 radical (unpaired) electrons. The second-order valence-corrected chi connectivity index (χ2v) is 2.81. The fraction of sp³-hybridized carbons (Fsp3) is 0.857. The van der Waals surface area contributed by atoms with Gasteiger partial charge in [0, 0.05) is 0 Å². The van der Waals surface area contributed by atoms with Crippen molar-refractivity contribution in [2.45, 2.75) is 32.1 Å². The van der Waals surface area contributed by atoms with Gasteiger partial charge in [0.2, 0.25) is 0 Å². The molecule has 2 saturated carbocycles.